The first-order valence-electron chi connectivity index (χ1n) is 7.08. The minimum atomic E-state index is 0.515. The van der Waals surface area contributed by atoms with Gasteiger partial charge in [-0.15, -0.1) is 0 Å². The van der Waals surface area contributed by atoms with Gasteiger partial charge >= 0.3 is 0 Å². The van der Waals surface area contributed by atoms with Gasteiger partial charge in [0.25, 0.3) is 0 Å². The van der Waals surface area contributed by atoms with Gasteiger partial charge in [-0.3, -0.25) is 0 Å². The molecule has 1 rings (SSSR count). The van der Waals surface area contributed by atoms with Crippen molar-refractivity contribution in [3.8, 4) is 0 Å². The molecule has 1 atom stereocenters. The monoisotopic (exact) mass is 233 g/mol. The molecule has 0 aliphatic carbocycles. The van der Waals surface area contributed by atoms with Crippen molar-refractivity contribution in [2.45, 2.75) is 53.0 Å². The SMILES string of the molecule is CCNC(c1cccc(CC)c1)C(CC)CC. The predicted octanol–water partition coefficient (Wildman–Crippen LogP) is 4.34. The van der Waals surface area contributed by atoms with Crippen LogP contribution in [0.1, 0.15) is 57.7 Å². The van der Waals surface area contributed by atoms with Crippen LogP contribution in [0.4, 0.5) is 0 Å². The third kappa shape index (κ3) is 3.85. The molecule has 1 heteroatoms. The van der Waals surface area contributed by atoms with E-state index in [0.29, 0.717) is 6.04 Å². The molecule has 1 aromatic carbocycles. The Kier molecular flexibility index (Phi) is 6.28. The minimum absolute atomic E-state index is 0.515. The third-order valence-electron chi connectivity index (χ3n) is 3.66. The van der Waals surface area contributed by atoms with E-state index in [-0.39, 0.29) is 0 Å². The number of nitrogens with one attached hydrogen (secondary N) is 1. The fourth-order valence-electron chi connectivity index (χ4n) is 2.54. The number of hydrogen-bond acceptors (Lipinski definition) is 1. The molecule has 1 unspecified atom stereocenters. The van der Waals surface area contributed by atoms with E-state index in [9.17, 15) is 0 Å². The molecule has 96 valence electrons. The highest BCUT2D eigenvalue weighted by molar-refractivity contribution is 5.26. The molecule has 0 saturated carbocycles. The van der Waals surface area contributed by atoms with Crippen molar-refractivity contribution in [3.05, 3.63) is 35.4 Å². The van der Waals surface area contributed by atoms with E-state index in [1.807, 2.05) is 0 Å². The smallest absolute Gasteiger partial charge is 0.0348 e. The van der Waals surface area contributed by atoms with Crippen LogP contribution >= 0.6 is 0 Å². The molecule has 0 bridgehead atoms. The molecule has 0 aliphatic rings. The molecule has 0 aromatic heterocycles. The fraction of sp³-hybridized carbons (Fsp3) is 0.625. The summed E-state index contributed by atoms with van der Waals surface area (Å²) in [5.74, 6) is 0.738. The Balaban J connectivity index is 2.94. The normalized spacial score (nSPS) is 13.0. The second kappa shape index (κ2) is 7.50. The van der Waals surface area contributed by atoms with Gasteiger partial charge in [0.1, 0.15) is 0 Å². The van der Waals surface area contributed by atoms with Gasteiger partial charge in [-0.1, -0.05) is 64.8 Å². The average molecular weight is 233 g/mol. The molecular weight excluding hydrogens is 206 g/mol. The predicted molar refractivity (Wildman–Crippen MR) is 76.3 cm³/mol. The van der Waals surface area contributed by atoms with Crippen molar-refractivity contribution in [2.75, 3.05) is 6.54 Å². The summed E-state index contributed by atoms with van der Waals surface area (Å²) in [5.41, 5.74) is 2.90. The molecule has 0 heterocycles. The van der Waals surface area contributed by atoms with Crippen molar-refractivity contribution in [2.24, 2.45) is 5.92 Å². The van der Waals surface area contributed by atoms with Crippen LogP contribution in [0, 0.1) is 5.92 Å². The Morgan fingerprint density at radius 2 is 1.76 bits per heavy atom. The second-order valence-electron chi connectivity index (χ2n) is 4.71. The van der Waals surface area contributed by atoms with Crippen LogP contribution in [0.25, 0.3) is 0 Å². The van der Waals surface area contributed by atoms with E-state index in [2.05, 4.69) is 57.3 Å². The van der Waals surface area contributed by atoms with Crippen LogP contribution in [-0.4, -0.2) is 6.54 Å². The lowest BCUT2D eigenvalue weighted by Crippen LogP contribution is -2.27. The van der Waals surface area contributed by atoms with Gasteiger partial charge in [0, 0.05) is 6.04 Å². The van der Waals surface area contributed by atoms with Crippen molar-refractivity contribution in [3.63, 3.8) is 0 Å². The molecule has 1 nitrogen and oxygen atoms in total. The van der Waals surface area contributed by atoms with Crippen molar-refractivity contribution < 1.29 is 0 Å². The standard InChI is InChI=1S/C16H27N/c1-5-13-10-9-11-15(12-13)16(17-8-4)14(6-2)7-3/h9-12,14,16-17H,5-8H2,1-4H3. The van der Waals surface area contributed by atoms with Gasteiger partial charge in [-0.25, -0.2) is 0 Å². The molecule has 1 N–H and O–H groups in total. The van der Waals surface area contributed by atoms with E-state index >= 15 is 0 Å². The lowest BCUT2D eigenvalue weighted by molar-refractivity contribution is 0.346. The topological polar surface area (TPSA) is 12.0 Å². The number of rotatable bonds is 7. The third-order valence-corrected chi connectivity index (χ3v) is 3.66. The zero-order valence-corrected chi connectivity index (χ0v) is 11.8. The van der Waals surface area contributed by atoms with Crippen LogP contribution in [0.2, 0.25) is 0 Å². The summed E-state index contributed by atoms with van der Waals surface area (Å²) in [4.78, 5) is 0. The molecule has 1 aromatic rings. The van der Waals surface area contributed by atoms with Crippen molar-refractivity contribution in [1.82, 2.24) is 5.32 Å². The number of aryl methyl sites for hydroxylation is 1. The van der Waals surface area contributed by atoms with Crippen LogP contribution in [0.5, 0.6) is 0 Å². The van der Waals surface area contributed by atoms with Gasteiger partial charge in [0.2, 0.25) is 0 Å². The Morgan fingerprint density at radius 1 is 1.06 bits per heavy atom. The molecule has 0 aliphatic heterocycles. The first kappa shape index (κ1) is 14.2. The zero-order chi connectivity index (χ0) is 12.7. The Bertz CT molecular complexity index is 315. The molecule has 0 saturated heterocycles. The average Bonchev–Trinajstić information content (AvgIpc) is 2.39. The molecule has 0 amide bonds. The van der Waals surface area contributed by atoms with E-state index in [0.717, 1.165) is 18.9 Å². The summed E-state index contributed by atoms with van der Waals surface area (Å²) in [5, 5.41) is 3.65. The molecule has 17 heavy (non-hydrogen) atoms. The van der Waals surface area contributed by atoms with Crippen molar-refractivity contribution >= 4 is 0 Å². The van der Waals surface area contributed by atoms with Crippen LogP contribution in [-0.2, 0) is 6.42 Å². The molecule has 0 radical (unpaired) electrons. The van der Waals surface area contributed by atoms with Gasteiger partial charge < -0.3 is 5.32 Å². The summed E-state index contributed by atoms with van der Waals surface area (Å²) in [6.07, 6.45) is 3.60. The van der Waals surface area contributed by atoms with Gasteiger partial charge in [0.05, 0.1) is 0 Å². The maximum Gasteiger partial charge on any atom is 0.0348 e. The highest BCUT2D eigenvalue weighted by Crippen LogP contribution is 2.27. The Morgan fingerprint density at radius 3 is 2.29 bits per heavy atom. The highest BCUT2D eigenvalue weighted by Gasteiger charge is 2.19. The van der Waals surface area contributed by atoms with Crippen LogP contribution in [0.15, 0.2) is 24.3 Å². The summed E-state index contributed by atoms with van der Waals surface area (Å²) >= 11 is 0. The Hall–Kier alpha value is -0.820. The number of benzene rings is 1. The molecular formula is C16H27N. The van der Waals surface area contributed by atoms with Gasteiger partial charge in [0.15, 0.2) is 0 Å². The van der Waals surface area contributed by atoms with Crippen LogP contribution < -0.4 is 5.32 Å². The minimum Gasteiger partial charge on any atom is -0.310 e. The first-order valence-corrected chi connectivity index (χ1v) is 7.08. The second-order valence-corrected chi connectivity index (χ2v) is 4.71. The number of hydrogen-bond donors (Lipinski definition) is 1. The quantitative estimate of drug-likeness (QED) is 0.739. The van der Waals surface area contributed by atoms with E-state index in [4.69, 9.17) is 0 Å². The largest absolute Gasteiger partial charge is 0.310 e. The maximum atomic E-state index is 3.65. The zero-order valence-electron chi connectivity index (χ0n) is 11.8. The lowest BCUT2D eigenvalue weighted by atomic mass is 9.88. The molecule has 0 spiro atoms. The van der Waals surface area contributed by atoms with Crippen LogP contribution in [0.3, 0.4) is 0 Å². The van der Waals surface area contributed by atoms with Gasteiger partial charge in [-0.2, -0.15) is 0 Å². The maximum absolute atomic E-state index is 3.65. The fourth-order valence-corrected chi connectivity index (χ4v) is 2.54. The summed E-state index contributed by atoms with van der Waals surface area (Å²) in [7, 11) is 0. The summed E-state index contributed by atoms with van der Waals surface area (Å²) < 4.78 is 0. The summed E-state index contributed by atoms with van der Waals surface area (Å²) in [6, 6.07) is 9.57. The summed E-state index contributed by atoms with van der Waals surface area (Å²) in [6.45, 7) is 10.0. The highest BCUT2D eigenvalue weighted by atomic mass is 14.9. The Labute approximate surface area is 107 Å². The molecule has 0 fully saturated rings. The first-order chi connectivity index (χ1) is 8.26. The van der Waals surface area contributed by atoms with Crippen molar-refractivity contribution in [1.29, 1.82) is 0 Å². The van der Waals surface area contributed by atoms with E-state index < -0.39 is 0 Å². The lowest BCUT2D eigenvalue weighted by Gasteiger charge is -2.27. The van der Waals surface area contributed by atoms with E-state index in [1.54, 1.807) is 0 Å². The van der Waals surface area contributed by atoms with E-state index in [1.165, 1.54) is 24.0 Å². The van der Waals surface area contributed by atoms with Gasteiger partial charge in [-0.05, 0) is 30.0 Å².